The lowest BCUT2D eigenvalue weighted by Gasteiger charge is -2.43. The number of aromatic hydroxyl groups is 3. The molecule has 5 aliphatic rings. The van der Waals surface area contributed by atoms with Crippen LogP contribution < -0.4 is 19.6 Å². The van der Waals surface area contributed by atoms with Crippen molar-refractivity contribution in [2.45, 2.75) is 99.0 Å². The van der Waals surface area contributed by atoms with Gasteiger partial charge in [0.2, 0.25) is 18.3 Å². The van der Waals surface area contributed by atoms with Crippen LogP contribution in [0.4, 0.5) is 0 Å². The van der Waals surface area contributed by atoms with E-state index in [2.05, 4.69) is 0 Å². The molecule has 4 aliphatic heterocycles. The summed E-state index contributed by atoms with van der Waals surface area (Å²) in [4.78, 5) is 25.5. The molecular formula is C43H48O23. The third kappa shape index (κ3) is 10.0. The van der Waals surface area contributed by atoms with Gasteiger partial charge in [-0.05, 0) is 48.9 Å². The first-order valence-electron chi connectivity index (χ1n) is 20.3. The minimum Gasteiger partial charge on any atom is -0.508 e. The molecule has 23 heteroatoms. The van der Waals surface area contributed by atoms with Crippen LogP contribution in [0.3, 0.4) is 0 Å². The number of methoxy groups -OCH3 is 1. The summed E-state index contributed by atoms with van der Waals surface area (Å²) >= 11 is 0. The molecule has 0 bridgehead atoms. The van der Waals surface area contributed by atoms with Crippen molar-refractivity contribution in [2.24, 2.45) is 0 Å². The zero-order valence-corrected chi connectivity index (χ0v) is 34.8. The second kappa shape index (κ2) is 20.1. The third-order valence-electron chi connectivity index (χ3n) is 11.1. The largest absolute Gasteiger partial charge is 0.508 e. The van der Waals surface area contributed by atoms with E-state index in [1.165, 1.54) is 44.4 Å². The monoisotopic (exact) mass is 932 g/mol. The van der Waals surface area contributed by atoms with E-state index in [0.717, 1.165) is 24.3 Å². The molecule has 1 aliphatic carbocycles. The van der Waals surface area contributed by atoms with Crippen LogP contribution in [0.2, 0.25) is 0 Å². The van der Waals surface area contributed by atoms with Gasteiger partial charge in [-0.1, -0.05) is 12.1 Å². The van der Waals surface area contributed by atoms with Gasteiger partial charge < -0.3 is 104 Å². The molecular weight excluding hydrogens is 884 g/mol. The molecule has 3 saturated heterocycles. The van der Waals surface area contributed by atoms with Gasteiger partial charge in [0.05, 0.1) is 32.0 Å². The van der Waals surface area contributed by atoms with Crippen LogP contribution in [-0.2, 0) is 28.5 Å². The average molecular weight is 933 g/mol. The number of carbonyl (C=O) groups is 1. The van der Waals surface area contributed by atoms with Crippen LogP contribution >= 0.6 is 0 Å². The van der Waals surface area contributed by atoms with Gasteiger partial charge in [-0.3, -0.25) is 4.79 Å². The van der Waals surface area contributed by atoms with Crippen molar-refractivity contribution in [1.82, 2.24) is 0 Å². The number of benzene rings is 3. The van der Waals surface area contributed by atoms with Gasteiger partial charge in [-0.25, -0.2) is 4.79 Å². The van der Waals surface area contributed by atoms with E-state index >= 15 is 0 Å². The molecule has 15 atom stereocenters. The Labute approximate surface area is 372 Å². The van der Waals surface area contributed by atoms with Crippen molar-refractivity contribution < 1.29 is 108 Å². The van der Waals surface area contributed by atoms with Crippen molar-refractivity contribution >= 4 is 12.0 Å². The summed E-state index contributed by atoms with van der Waals surface area (Å²) in [6.07, 6.45) is -23.2. The van der Waals surface area contributed by atoms with Crippen molar-refractivity contribution in [3.63, 3.8) is 0 Å². The SMILES string of the molecule is COc1cc(-c2oc3cc(=O)cc(O[C@@H]4O[C@H](CO)[C@@H](O)[C@H](O)[C@H]4O)c-3cc2O[C@@H]2O[C@H](CO[C@@H]3O[C@@H](C)[C@H](OC(=O)/C=C/c4ccc(O)cc4)[C@@H](O)[C@H]3O)[C@@H](O)[C@H](O)[C@H]2O)cc(O)c1O. The van der Waals surface area contributed by atoms with Gasteiger partial charge in [-0.2, -0.15) is 0 Å². The number of esters is 1. The Morgan fingerprint density at radius 2 is 1.32 bits per heavy atom. The minimum absolute atomic E-state index is 0.0216. The average Bonchev–Trinajstić information content (AvgIpc) is 3.29. The summed E-state index contributed by atoms with van der Waals surface area (Å²) in [5.41, 5.74) is -0.319. The minimum atomic E-state index is -2.02. The van der Waals surface area contributed by atoms with E-state index in [4.69, 9.17) is 42.3 Å². The molecule has 7 rings (SSSR count). The highest BCUT2D eigenvalue weighted by molar-refractivity contribution is 5.87. The summed E-state index contributed by atoms with van der Waals surface area (Å²) in [7, 11) is 1.19. The predicted octanol–water partition coefficient (Wildman–Crippen LogP) is -1.99. The zero-order chi connectivity index (χ0) is 47.7. The van der Waals surface area contributed by atoms with Gasteiger partial charge in [-0.15, -0.1) is 0 Å². The fourth-order valence-electron chi connectivity index (χ4n) is 7.41. The number of ether oxygens (including phenoxy) is 8. The Balaban J connectivity index is 1.13. The zero-order valence-electron chi connectivity index (χ0n) is 34.8. The van der Waals surface area contributed by atoms with Crippen molar-refractivity contribution in [3.8, 4) is 57.1 Å². The Morgan fingerprint density at radius 1 is 0.697 bits per heavy atom. The lowest BCUT2D eigenvalue weighted by atomic mass is 9.98. The number of hydrogen-bond acceptors (Lipinski definition) is 23. The number of aliphatic hydroxyl groups excluding tert-OH is 9. The van der Waals surface area contributed by atoms with Crippen molar-refractivity contribution in [1.29, 1.82) is 0 Å². The highest BCUT2D eigenvalue weighted by Crippen LogP contribution is 2.46. The Bertz CT molecular complexity index is 2370. The van der Waals surface area contributed by atoms with Gasteiger partial charge >= 0.3 is 5.97 Å². The lowest BCUT2D eigenvalue weighted by molar-refractivity contribution is -0.319. The molecule has 358 valence electrons. The van der Waals surface area contributed by atoms with E-state index in [0.29, 0.717) is 5.56 Å². The van der Waals surface area contributed by atoms with Crippen LogP contribution in [-0.4, -0.2) is 180 Å². The number of hydrogen-bond donors (Lipinski definition) is 12. The van der Waals surface area contributed by atoms with Gasteiger partial charge in [0.1, 0.15) is 78.3 Å². The Kier molecular flexibility index (Phi) is 14.7. The van der Waals surface area contributed by atoms with Crippen LogP contribution in [0.25, 0.3) is 28.7 Å². The first-order valence-corrected chi connectivity index (χ1v) is 20.3. The van der Waals surface area contributed by atoms with E-state index in [9.17, 15) is 70.9 Å². The topological polar surface area (TPSA) is 364 Å². The second-order valence-corrected chi connectivity index (χ2v) is 15.6. The van der Waals surface area contributed by atoms with Gasteiger partial charge in [0.15, 0.2) is 40.8 Å². The molecule has 23 nitrogen and oxygen atoms in total. The normalized spacial score (nSPS) is 32.6. The standard InChI is InChI=1S/C43H48O23/c1-16-39(66-29(48)8-5-17-3-6-19(45)7-4-17)35(54)38(57)41(60-16)59-15-28-32(51)34(53)37(56)43(65-28)63-26-13-21-23(61-40(26)18-9-22(47)30(49)25(10-18)58-2)11-20(46)12-24(21)62-42-36(55)33(52)31(50)27(14-44)64-42/h3-13,16,27-28,31-39,41-45,47,49-57H,14-15H2,1-2H3/b8-5+/t16-,27+,28+,31+,32+,33-,34-,35-,36+,37+,38+,39-,41+,42+,43+/m0/s1. The number of rotatable bonds is 13. The van der Waals surface area contributed by atoms with E-state index < -0.39 is 128 Å². The number of phenols is 3. The molecule has 4 heterocycles. The van der Waals surface area contributed by atoms with Crippen molar-refractivity contribution in [3.05, 3.63) is 76.5 Å². The maximum atomic E-state index is 12.9. The molecule has 0 amide bonds. The Morgan fingerprint density at radius 3 is 1.97 bits per heavy atom. The van der Waals surface area contributed by atoms with Gasteiger partial charge in [0, 0.05) is 23.8 Å². The maximum absolute atomic E-state index is 12.9. The number of aliphatic hydroxyl groups is 9. The fraction of sp³-hybridized carbons (Fsp3) is 0.442. The van der Waals surface area contributed by atoms with E-state index in [1.807, 2.05) is 0 Å². The Hall–Kier alpha value is -5.64. The highest BCUT2D eigenvalue weighted by atomic mass is 16.7. The summed E-state index contributed by atoms with van der Waals surface area (Å²) in [5, 5.41) is 126. The fourth-order valence-corrected chi connectivity index (χ4v) is 7.41. The molecule has 12 N–H and O–H groups in total. The van der Waals surface area contributed by atoms with Crippen LogP contribution in [0.15, 0.2) is 69.9 Å². The van der Waals surface area contributed by atoms with E-state index in [-0.39, 0.29) is 45.6 Å². The third-order valence-corrected chi connectivity index (χ3v) is 11.1. The molecule has 0 saturated carbocycles. The highest BCUT2D eigenvalue weighted by Gasteiger charge is 2.49. The van der Waals surface area contributed by atoms with Crippen LogP contribution in [0.5, 0.6) is 34.5 Å². The molecule has 2 aromatic carbocycles. The number of fused-ring (bicyclic) bond motifs is 1. The summed E-state index contributed by atoms with van der Waals surface area (Å²) in [6, 6.07) is 11.3. The van der Waals surface area contributed by atoms with Gasteiger partial charge in [0.25, 0.3) is 0 Å². The number of phenolic OH excluding ortho intramolecular Hbond substituents is 3. The molecule has 2 aromatic rings. The molecule has 0 unspecified atom stereocenters. The maximum Gasteiger partial charge on any atom is 0.331 e. The lowest BCUT2D eigenvalue weighted by Crippen LogP contribution is -2.62. The van der Waals surface area contributed by atoms with Crippen LogP contribution in [0.1, 0.15) is 12.5 Å². The first kappa shape index (κ1) is 48.3. The predicted molar refractivity (Wildman–Crippen MR) is 218 cm³/mol. The number of carbonyl (C=O) groups excluding carboxylic acids is 1. The first-order chi connectivity index (χ1) is 31.4. The van der Waals surface area contributed by atoms with Crippen LogP contribution in [0, 0.1) is 0 Å². The van der Waals surface area contributed by atoms with E-state index in [1.54, 1.807) is 12.1 Å². The second-order valence-electron chi connectivity index (χ2n) is 15.6. The smallest absolute Gasteiger partial charge is 0.331 e. The summed E-state index contributed by atoms with van der Waals surface area (Å²) in [6.45, 7) is -0.0530. The quantitative estimate of drug-likeness (QED) is 0.0392. The molecule has 0 spiro atoms. The molecule has 0 radical (unpaired) electrons. The molecule has 66 heavy (non-hydrogen) atoms. The summed E-state index contributed by atoms with van der Waals surface area (Å²) in [5.74, 6) is -3.76. The molecule has 0 aromatic heterocycles. The van der Waals surface area contributed by atoms with Crippen molar-refractivity contribution in [2.75, 3.05) is 20.3 Å². The molecule has 3 fully saturated rings. The summed E-state index contributed by atoms with van der Waals surface area (Å²) < 4.78 is 51.2.